The Balaban J connectivity index is 0.000000157. The number of hydrogen-bond acceptors (Lipinski definition) is 10. The van der Waals surface area contributed by atoms with Gasteiger partial charge >= 0.3 is 17.1 Å². The Hall–Kier alpha value is -6.46. The van der Waals surface area contributed by atoms with Crippen LogP contribution >= 0.6 is 0 Å². The van der Waals surface area contributed by atoms with Crippen molar-refractivity contribution in [3.8, 4) is 0 Å². The molecule has 0 spiro atoms. The molecule has 6 aromatic carbocycles. The van der Waals surface area contributed by atoms with E-state index in [0.29, 0.717) is 65.4 Å². The van der Waals surface area contributed by atoms with Crippen LogP contribution in [0.2, 0.25) is 0 Å². The number of pyridine rings is 4. The first-order valence-corrected chi connectivity index (χ1v) is 19.5. The van der Waals surface area contributed by atoms with Gasteiger partial charge in [-0.05, 0) is 84.9 Å². The van der Waals surface area contributed by atoms with Gasteiger partial charge in [0.15, 0.2) is 21.7 Å². The SMILES string of the molecule is O=c1c2ccccc2[nH]c2cc3c(=O)c4ccc(S(=O)(=O)[O-])cc4[nH]c3cc12.O=c1c2ccccc2[nH]c2cc3c(=O)c4ccc(S(=O)(=O)[O-])cc4[nH]c3cc12.[Mn+2]. The fourth-order valence-electron chi connectivity index (χ4n) is 7.07. The molecule has 0 aliphatic carbocycles. The summed E-state index contributed by atoms with van der Waals surface area (Å²) in [5, 5.41) is 3.05. The van der Waals surface area contributed by atoms with Gasteiger partial charge in [-0.2, -0.15) is 0 Å². The van der Waals surface area contributed by atoms with Crippen LogP contribution in [0.1, 0.15) is 0 Å². The molecule has 10 rings (SSSR count). The molecular weight excluding hydrogens is 816 g/mol. The monoisotopic (exact) mass is 837 g/mol. The average molecular weight is 838 g/mol. The molecule has 4 N–H and O–H groups in total. The van der Waals surface area contributed by atoms with Crippen molar-refractivity contribution in [2.75, 3.05) is 0 Å². The molecule has 281 valence electrons. The summed E-state index contributed by atoms with van der Waals surface area (Å²) in [5.74, 6) is 0. The van der Waals surface area contributed by atoms with Crippen LogP contribution in [0, 0.1) is 0 Å². The van der Waals surface area contributed by atoms with Crippen molar-refractivity contribution in [3.63, 3.8) is 0 Å². The molecule has 0 atom stereocenters. The van der Waals surface area contributed by atoms with Gasteiger partial charge in [0, 0.05) is 54.1 Å². The molecule has 0 saturated carbocycles. The summed E-state index contributed by atoms with van der Waals surface area (Å²) >= 11 is 0. The molecule has 0 aliphatic heterocycles. The van der Waals surface area contributed by atoms with E-state index in [0.717, 1.165) is 24.3 Å². The molecule has 14 nitrogen and oxygen atoms in total. The van der Waals surface area contributed by atoms with Crippen LogP contribution in [-0.4, -0.2) is 45.9 Å². The molecule has 0 aliphatic rings. The predicted octanol–water partition coefficient (Wildman–Crippen LogP) is 5.16. The maximum absolute atomic E-state index is 12.9. The van der Waals surface area contributed by atoms with E-state index in [4.69, 9.17) is 0 Å². The van der Waals surface area contributed by atoms with Crippen LogP contribution in [0.15, 0.2) is 138 Å². The number of fused-ring (bicyclic) bond motifs is 8. The molecule has 17 heteroatoms. The third-order valence-corrected chi connectivity index (χ3v) is 11.4. The smallest absolute Gasteiger partial charge is 0.744 e. The predicted molar refractivity (Wildman–Crippen MR) is 211 cm³/mol. The third kappa shape index (κ3) is 6.28. The van der Waals surface area contributed by atoms with Crippen molar-refractivity contribution in [1.29, 1.82) is 0 Å². The van der Waals surface area contributed by atoms with E-state index in [1.807, 2.05) is 12.1 Å². The largest absolute Gasteiger partial charge is 2.00 e. The topological polar surface area (TPSA) is 246 Å². The average Bonchev–Trinajstić information content (AvgIpc) is 3.17. The summed E-state index contributed by atoms with van der Waals surface area (Å²) in [6.07, 6.45) is 0. The van der Waals surface area contributed by atoms with Gasteiger partial charge in [-0.15, -0.1) is 0 Å². The molecule has 4 heterocycles. The van der Waals surface area contributed by atoms with E-state index in [1.165, 1.54) is 12.1 Å². The van der Waals surface area contributed by atoms with E-state index in [-0.39, 0.29) is 60.6 Å². The van der Waals surface area contributed by atoms with Crippen molar-refractivity contribution < 1.29 is 43.0 Å². The Labute approximate surface area is 328 Å². The molecule has 4 aromatic heterocycles. The fraction of sp³-hybridized carbons (Fsp3) is 0. The van der Waals surface area contributed by atoms with Crippen LogP contribution in [-0.2, 0) is 37.3 Å². The summed E-state index contributed by atoms with van der Waals surface area (Å²) in [6, 6.07) is 27.6. The number of para-hydroxylation sites is 2. The van der Waals surface area contributed by atoms with Crippen LogP contribution in [0.3, 0.4) is 0 Å². The number of H-pyrrole nitrogens is 4. The van der Waals surface area contributed by atoms with Gasteiger partial charge < -0.3 is 29.0 Å². The van der Waals surface area contributed by atoms with E-state index < -0.39 is 30.0 Å². The normalized spacial score (nSPS) is 12.1. The Morgan fingerprint density at radius 2 is 0.596 bits per heavy atom. The van der Waals surface area contributed by atoms with Crippen molar-refractivity contribution >= 4 is 107 Å². The van der Waals surface area contributed by atoms with E-state index in [2.05, 4.69) is 19.9 Å². The second-order valence-electron chi connectivity index (χ2n) is 13.1. The zero-order chi connectivity index (χ0) is 39.3. The van der Waals surface area contributed by atoms with Crippen molar-refractivity contribution in [2.24, 2.45) is 0 Å². The molecule has 0 bridgehead atoms. The second kappa shape index (κ2) is 13.3. The minimum atomic E-state index is -4.65. The number of aromatic nitrogens is 4. The number of hydrogen-bond donors (Lipinski definition) is 4. The van der Waals surface area contributed by atoms with E-state index in [9.17, 15) is 45.1 Å². The quantitative estimate of drug-likeness (QED) is 0.101. The Morgan fingerprint density at radius 3 is 0.912 bits per heavy atom. The molecule has 1 radical (unpaired) electrons. The number of aromatic amines is 4. The summed E-state index contributed by atoms with van der Waals surface area (Å²) in [7, 11) is -9.31. The van der Waals surface area contributed by atoms with Crippen molar-refractivity contribution in [3.05, 3.63) is 150 Å². The molecule has 0 fully saturated rings. The van der Waals surface area contributed by atoms with Crippen LogP contribution in [0.25, 0.3) is 87.2 Å². The zero-order valence-corrected chi connectivity index (χ0v) is 31.5. The van der Waals surface area contributed by atoms with Gasteiger partial charge in [-0.1, -0.05) is 24.3 Å². The fourth-order valence-corrected chi connectivity index (χ4v) is 8.06. The van der Waals surface area contributed by atoms with Gasteiger partial charge in [-0.3, -0.25) is 19.2 Å². The standard InChI is InChI=1S/2C20H12N2O5S.Mn/c2*23-19-11-3-1-2-4-15(11)21-17-8-14-18(9-13(17)19)22-16-7-10(28(25,26)27)5-6-12(16)20(14)24;/h2*1-9H,(H,21,23)(H,22,24)(H,25,26,27);/q;;+2/p-2. The first kappa shape index (κ1) is 37.5. The maximum Gasteiger partial charge on any atom is 2.00 e. The molecule has 0 amide bonds. The first-order chi connectivity index (χ1) is 26.7. The van der Waals surface area contributed by atoms with Gasteiger partial charge in [0.05, 0.1) is 42.9 Å². The summed E-state index contributed by atoms with van der Waals surface area (Å²) in [5.41, 5.74) is 2.58. The summed E-state index contributed by atoms with van der Waals surface area (Å²) < 4.78 is 67.7. The number of benzene rings is 6. The van der Waals surface area contributed by atoms with Gasteiger partial charge in [0.1, 0.15) is 20.2 Å². The Morgan fingerprint density at radius 1 is 0.333 bits per heavy atom. The molecule has 57 heavy (non-hydrogen) atoms. The van der Waals surface area contributed by atoms with Crippen molar-refractivity contribution in [2.45, 2.75) is 9.79 Å². The zero-order valence-electron chi connectivity index (χ0n) is 28.7. The second-order valence-corrected chi connectivity index (χ2v) is 15.9. The Kier molecular flexibility index (Phi) is 8.77. The Bertz CT molecular complexity index is 3620. The third-order valence-electron chi connectivity index (χ3n) is 9.76. The molecular formula is C40H22MnN4O10S2. The van der Waals surface area contributed by atoms with Gasteiger partial charge in [0.2, 0.25) is 0 Å². The van der Waals surface area contributed by atoms with Crippen LogP contribution in [0.5, 0.6) is 0 Å². The van der Waals surface area contributed by atoms with Crippen LogP contribution < -0.4 is 21.7 Å². The van der Waals surface area contributed by atoms with Crippen LogP contribution in [0.4, 0.5) is 0 Å². The summed E-state index contributed by atoms with van der Waals surface area (Å²) in [6.45, 7) is 0. The van der Waals surface area contributed by atoms with Crippen molar-refractivity contribution in [1.82, 2.24) is 19.9 Å². The molecule has 10 aromatic rings. The first-order valence-electron chi connectivity index (χ1n) is 16.7. The number of rotatable bonds is 2. The minimum Gasteiger partial charge on any atom is -0.744 e. The van der Waals surface area contributed by atoms with E-state index >= 15 is 0 Å². The molecule has 0 saturated heterocycles. The van der Waals surface area contributed by atoms with E-state index in [1.54, 1.807) is 60.7 Å². The summed E-state index contributed by atoms with van der Waals surface area (Å²) in [4.78, 5) is 62.9. The number of nitrogens with one attached hydrogen (secondary N) is 4. The van der Waals surface area contributed by atoms with Gasteiger partial charge in [0.25, 0.3) is 0 Å². The maximum atomic E-state index is 12.9. The minimum absolute atomic E-state index is 0. The molecule has 0 unspecified atom stereocenters. The van der Waals surface area contributed by atoms with Gasteiger partial charge in [-0.25, -0.2) is 16.8 Å².